The van der Waals surface area contributed by atoms with E-state index < -0.39 is 0 Å². The van der Waals surface area contributed by atoms with Crippen LogP contribution in [0.1, 0.15) is 6.92 Å². The van der Waals surface area contributed by atoms with Crippen molar-refractivity contribution in [2.75, 3.05) is 77.4 Å². The molecule has 0 bridgehead atoms. The standard InChI is InChI=1S/C18H30N8O/c1-16(27)24-10-8-23(9-11-24)7-6-22-17(19-2)25-12-14-26(15-13-25)18-20-4-3-5-21-18/h3-5H,6-15H2,1-2H3,(H,19,22). The van der Waals surface area contributed by atoms with Gasteiger partial charge in [0.25, 0.3) is 0 Å². The van der Waals surface area contributed by atoms with Gasteiger partial charge in [-0.1, -0.05) is 0 Å². The molecule has 2 aliphatic heterocycles. The number of aliphatic imine (C=N–C) groups is 1. The van der Waals surface area contributed by atoms with Crippen LogP contribution in [0.4, 0.5) is 5.95 Å². The third-order valence-electron chi connectivity index (χ3n) is 5.15. The summed E-state index contributed by atoms with van der Waals surface area (Å²) in [6.45, 7) is 10.6. The molecule has 0 radical (unpaired) electrons. The number of guanidine groups is 1. The summed E-state index contributed by atoms with van der Waals surface area (Å²) in [4.78, 5) is 33.3. The molecule has 0 aliphatic carbocycles. The zero-order valence-corrected chi connectivity index (χ0v) is 16.3. The normalized spacial score (nSPS) is 19.3. The highest BCUT2D eigenvalue weighted by molar-refractivity contribution is 5.80. The van der Waals surface area contributed by atoms with Crippen LogP contribution in [-0.4, -0.2) is 109 Å². The summed E-state index contributed by atoms with van der Waals surface area (Å²) in [5.41, 5.74) is 0. The van der Waals surface area contributed by atoms with Crippen molar-refractivity contribution >= 4 is 17.8 Å². The molecule has 3 rings (SSSR count). The van der Waals surface area contributed by atoms with Crippen molar-refractivity contribution in [2.24, 2.45) is 4.99 Å². The maximum Gasteiger partial charge on any atom is 0.225 e. The highest BCUT2D eigenvalue weighted by atomic mass is 16.2. The maximum absolute atomic E-state index is 11.4. The van der Waals surface area contributed by atoms with Gasteiger partial charge in [-0.25, -0.2) is 9.97 Å². The number of amides is 1. The molecule has 148 valence electrons. The number of nitrogens with zero attached hydrogens (tertiary/aromatic N) is 7. The molecule has 0 aromatic carbocycles. The maximum atomic E-state index is 11.4. The third kappa shape index (κ3) is 5.29. The molecular weight excluding hydrogens is 344 g/mol. The molecule has 1 aromatic heterocycles. The summed E-state index contributed by atoms with van der Waals surface area (Å²) in [5, 5.41) is 3.48. The third-order valence-corrected chi connectivity index (χ3v) is 5.15. The monoisotopic (exact) mass is 374 g/mol. The molecule has 1 aromatic rings. The van der Waals surface area contributed by atoms with Crippen LogP contribution in [0.15, 0.2) is 23.5 Å². The van der Waals surface area contributed by atoms with Gasteiger partial charge in [-0.15, -0.1) is 0 Å². The van der Waals surface area contributed by atoms with E-state index in [0.717, 1.165) is 77.4 Å². The van der Waals surface area contributed by atoms with Crippen molar-refractivity contribution in [3.8, 4) is 0 Å². The van der Waals surface area contributed by atoms with E-state index in [1.54, 1.807) is 19.3 Å². The number of aromatic nitrogens is 2. The molecule has 27 heavy (non-hydrogen) atoms. The summed E-state index contributed by atoms with van der Waals surface area (Å²) in [6.07, 6.45) is 3.57. The molecule has 0 saturated carbocycles. The molecule has 1 amide bonds. The van der Waals surface area contributed by atoms with E-state index in [1.807, 2.05) is 18.0 Å². The fourth-order valence-electron chi connectivity index (χ4n) is 3.52. The van der Waals surface area contributed by atoms with Crippen LogP contribution < -0.4 is 10.2 Å². The Hall–Kier alpha value is -2.42. The Morgan fingerprint density at radius 3 is 2.26 bits per heavy atom. The van der Waals surface area contributed by atoms with E-state index in [0.29, 0.717) is 0 Å². The second kappa shape index (κ2) is 9.50. The molecule has 1 N–H and O–H groups in total. The summed E-state index contributed by atoms with van der Waals surface area (Å²) in [7, 11) is 1.83. The van der Waals surface area contributed by atoms with Crippen LogP contribution in [0, 0.1) is 0 Å². The molecular formula is C18H30N8O. The van der Waals surface area contributed by atoms with Gasteiger partial charge in [0, 0.05) is 91.8 Å². The van der Waals surface area contributed by atoms with Crippen molar-refractivity contribution < 1.29 is 4.79 Å². The number of hydrogen-bond donors (Lipinski definition) is 1. The van der Waals surface area contributed by atoms with Gasteiger partial charge < -0.3 is 20.0 Å². The van der Waals surface area contributed by atoms with Crippen molar-refractivity contribution in [3.63, 3.8) is 0 Å². The average Bonchev–Trinajstić information content (AvgIpc) is 2.72. The summed E-state index contributed by atoms with van der Waals surface area (Å²) in [5.74, 6) is 1.92. The first-order valence-corrected chi connectivity index (χ1v) is 9.63. The van der Waals surface area contributed by atoms with Gasteiger partial charge in [-0.2, -0.15) is 0 Å². The smallest absolute Gasteiger partial charge is 0.225 e. The molecule has 2 aliphatic rings. The predicted molar refractivity (Wildman–Crippen MR) is 106 cm³/mol. The molecule has 2 fully saturated rings. The summed E-state index contributed by atoms with van der Waals surface area (Å²) >= 11 is 0. The Bertz CT molecular complexity index is 622. The number of anilines is 1. The topological polar surface area (TPSA) is 80.2 Å². The first-order valence-electron chi connectivity index (χ1n) is 9.63. The molecule has 3 heterocycles. The largest absolute Gasteiger partial charge is 0.355 e. The molecule has 2 saturated heterocycles. The Morgan fingerprint density at radius 1 is 1.04 bits per heavy atom. The van der Waals surface area contributed by atoms with E-state index in [4.69, 9.17) is 0 Å². The SMILES string of the molecule is CN=C(NCCN1CCN(C(C)=O)CC1)N1CCN(c2ncccn2)CC1. The van der Waals surface area contributed by atoms with Crippen molar-refractivity contribution in [1.29, 1.82) is 0 Å². The van der Waals surface area contributed by atoms with E-state index >= 15 is 0 Å². The van der Waals surface area contributed by atoms with Crippen molar-refractivity contribution in [2.45, 2.75) is 6.92 Å². The Balaban J connectivity index is 1.38. The highest BCUT2D eigenvalue weighted by Crippen LogP contribution is 2.09. The minimum absolute atomic E-state index is 0.174. The molecule has 9 heteroatoms. The minimum atomic E-state index is 0.174. The van der Waals surface area contributed by atoms with Gasteiger partial charge in [0.05, 0.1) is 0 Å². The fraction of sp³-hybridized carbons (Fsp3) is 0.667. The lowest BCUT2D eigenvalue weighted by molar-refractivity contribution is -0.130. The van der Waals surface area contributed by atoms with Crippen LogP contribution in [-0.2, 0) is 4.79 Å². The van der Waals surface area contributed by atoms with Crippen molar-refractivity contribution in [3.05, 3.63) is 18.5 Å². The number of rotatable bonds is 4. The molecule has 9 nitrogen and oxygen atoms in total. The van der Waals surface area contributed by atoms with E-state index in [2.05, 4.69) is 35.0 Å². The zero-order chi connectivity index (χ0) is 19.1. The lowest BCUT2D eigenvalue weighted by atomic mass is 10.3. The second-order valence-electron chi connectivity index (χ2n) is 6.84. The number of piperazine rings is 2. The van der Waals surface area contributed by atoms with Crippen LogP contribution in [0.3, 0.4) is 0 Å². The Labute approximate surface area is 161 Å². The average molecular weight is 374 g/mol. The van der Waals surface area contributed by atoms with E-state index in [1.165, 1.54) is 0 Å². The van der Waals surface area contributed by atoms with Gasteiger partial charge in [0.2, 0.25) is 11.9 Å². The zero-order valence-electron chi connectivity index (χ0n) is 16.3. The van der Waals surface area contributed by atoms with Gasteiger partial charge in [-0.05, 0) is 6.07 Å². The number of hydrogen-bond acceptors (Lipinski definition) is 6. The number of nitrogens with one attached hydrogen (secondary N) is 1. The summed E-state index contributed by atoms with van der Waals surface area (Å²) in [6, 6.07) is 1.84. The van der Waals surface area contributed by atoms with Crippen molar-refractivity contribution in [1.82, 2.24) is 30.0 Å². The lowest BCUT2D eigenvalue weighted by Gasteiger charge is -2.37. The van der Waals surface area contributed by atoms with Crippen LogP contribution in [0.2, 0.25) is 0 Å². The van der Waals surface area contributed by atoms with Crippen LogP contribution in [0.5, 0.6) is 0 Å². The number of carbonyl (C=O) groups excluding carboxylic acids is 1. The first kappa shape index (κ1) is 19.3. The van der Waals surface area contributed by atoms with Gasteiger partial charge in [-0.3, -0.25) is 14.7 Å². The van der Waals surface area contributed by atoms with E-state index in [9.17, 15) is 4.79 Å². The lowest BCUT2D eigenvalue weighted by Crippen LogP contribution is -2.54. The fourth-order valence-corrected chi connectivity index (χ4v) is 3.52. The second-order valence-corrected chi connectivity index (χ2v) is 6.84. The first-order chi connectivity index (χ1) is 13.2. The predicted octanol–water partition coefficient (Wildman–Crippen LogP) is -0.662. The molecule has 0 atom stereocenters. The van der Waals surface area contributed by atoms with Crippen LogP contribution >= 0.6 is 0 Å². The molecule has 0 unspecified atom stereocenters. The Morgan fingerprint density at radius 2 is 1.67 bits per heavy atom. The quantitative estimate of drug-likeness (QED) is 0.553. The minimum Gasteiger partial charge on any atom is -0.355 e. The van der Waals surface area contributed by atoms with Gasteiger partial charge >= 0.3 is 0 Å². The van der Waals surface area contributed by atoms with Gasteiger partial charge in [0.1, 0.15) is 0 Å². The highest BCUT2D eigenvalue weighted by Gasteiger charge is 2.22. The summed E-state index contributed by atoms with van der Waals surface area (Å²) < 4.78 is 0. The number of carbonyl (C=O) groups is 1. The molecule has 0 spiro atoms. The Kier molecular flexibility index (Phi) is 6.80. The van der Waals surface area contributed by atoms with E-state index in [-0.39, 0.29) is 5.91 Å². The van der Waals surface area contributed by atoms with Crippen LogP contribution in [0.25, 0.3) is 0 Å². The van der Waals surface area contributed by atoms with Gasteiger partial charge in [0.15, 0.2) is 5.96 Å².